The maximum absolute atomic E-state index is 14.4. The molecule has 0 aromatic heterocycles. The highest BCUT2D eigenvalue weighted by Gasteiger charge is 2.62. The Balaban J connectivity index is 1.69. The number of aryl methyl sites for hydroxylation is 1. The highest BCUT2D eigenvalue weighted by atomic mass is 16.3. The number of nitrogen functional groups attached to an aromatic ring is 1. The zero-order chi connectivity index (χ0) is 30.1. The first-order valence-corrected chi connectivity index (χ1v) is 15.6. The number of aliphatic imine (C=N–C) groups is 1. The number of urea groups is 1. The van der Waals surface area contributed by atoms with Gasteiger partial charge in [0.05, 0.1) is 6.61 Å². The second-order valence-corrected chi connectivity index (χ2v) is 11.3. The Morgan fingerprint density at radius 2 is 1.64 bits per heavy atom. The number of unbranched alkanes of at least 4 members (excludes halogenated alkanes) is 3. The number of anilines is 1. The van der Waals surface area contributed by atoms with Crippen LogP contribution in [0.3, 0.4) is 0 Å². The fourth-order valence-corrected chi connectivity index (χ4v) is 6.27. The zero-order valence-corrected chi connectivity index (χ0v) is 25.5. The molecule has 2 aliphatic heterocycles. The maximum Gasteiger partial charge on any atom is 0.328 e. The Labute approximate surface area is 251 Å². The predicted molar refractivity (Wildman–Crippen MR) is 168 cm³/mol. The molecule has 1 saturated heterocycles. The minimum atomic E-state index is -1.01. The van der Waals surface area contributed by atoms with Crippen molar-refractivity contribution in [3.8, 4) is 0 Å². The van der Waals surface area contributed by atoms with Gasteiger partial charge in [0.2, 0.25) is 0 Å². The Kier molecular flexibility index (Phi) is 11.0. The highest BCUT2D eigenvalue weighted by molar-refractivity contribution is 6.05. The number of nitrogens with zero attached hydrogens (tertiary/aromatic N) is 5. The number of carbonyl (C=O) groups excluding carboxylic acids is 2. The van der Waals surface area contributed by atoms with E-state index in [9.17, 15) is 14.7 Å². The van der Waals surface area contributed by atoms with Gasteiger partial charge in [-0.05, 0) is 55.4 Å². The largest absolute Gasteiger partial charge is 0.399 e. The number of rotatable bonds is 16. The van der Waals surface area contributed by atoms with Crippen LogP contribution in [0.4, 0.5) is 10.5 Å². The summed E-state index contributed by atoms with van der Waals surface area (Å²) in [6.07, 6.45) is 6.36. The number of amidine groups is 1. The SMILES string of the molecule is CCCCCN1C(=O)C2N(N(CC)CCO)C(Cc3ccccc3)=NC2(CC)N(CCCCc2ccc(N)cc2)C1=O. The summed E-state index contributed by atoms with van der Waals surface area (Å²) in [6, 6.07) is 17.1. The minimum Gasteiger partial charge on any atom is -0.399 e. The molecule has 0 bridgehead atoms. The summed E-state index contributed by atoms with van der Waals surface area (Å²) in [5, 5.41) is 14.0. The number of aliphatic hydroxyl groups is 1. The van der Waals surface area contributed by atoms with Gasteiger partial charge in [0.1, 0.15) is 5.84 Å². The van der Waals surface area contributed by atoms with Crippen molar-refractivity contribution in [1.82, 2.24) is 19.8 Å². The van der Waals surface area contributed by atoms with E-state index in [1.807, 2.05) is 59.1 Å². The number of benzene rings is 2. The van der Waals surface area contributed by atoms with E-state index in [1.54, 1.807) is 0 Å². The van der Waals surface area contributed by atoms with Crippen molar-refractivity contribution in [2.75, 3.05) is 38.5 Å². The van der Waals surface area contributed by atoms with E-state index in [-0.39, 0.29) is 18.5 Å². The molecule has 2 aromatic rings. The van der Waals surface area contributed by atoms with E-state index < -0.39 is 11.7 Å². The van der Waals surface area contributed by atoms with Crippen LogP contribution in [-0.2, 0) is 17.6 Å². The topological polar surface area (TPSA) is 106 Å². The molecule has 2 heterocycles. The first-order valence-electron chi connectivity index (χ1n) is 15.6. The molecule has 4 rings (SSSR count). The second-order valence-electron chi connectivity index (χ2n) is 11.3. The van der Waals surface area contributed by atoms with E-state index in [0.717, 1.165) is 55.6 Å². The lowest BCUT2D eigenvalue weighted by Gasteiger charge is -2.51. The van der Waals surface area contributed by atoms with E-state index in [4.69, 9.17) is 10.7 Å². The van der Waals surface area contributed by atoms with Crippen molar-refractivity contribution in [1.29, 1.82) is 0 Å². The van der Waals surface area contributed by atoms with Gasteiger partial charge in [-0.2, -0.15) is 0 Å². The molecule has 0 saturated carbocycles. The van der Waals surface area contributed by atoms with Crippen molar-refractivity contribution >= 4 is 23.5 Å². The molecule has 3 N–H and O–H groups in total. The lowest BCUT2D eigenvalue weighted by atomic mass is 9.91. The molecule has 3 amide bonds. The van der Waals surface area contributed by atoms with Crippen LogP contribution in [0.25, 0.3) is 0 Å². The van der Waals surface area contributed by atoms with Crippen LogP contribution in [0.5, 0.6) is 0 Å². The smallest absolute Gasteiger partial charge is 0.328 e. The van der Waals surface area contributed by atoms with Gasteiger partial charge in [-0.25, -0.2) is 14.8 Å². The number of hydrogen-bond donors (Lipinski definition) is 2. The Hall–Kier alpha value is -3.43. The van der Waals surface area contributed by atoms with Crippen LogP contribution in [0.2, 0.25) is 0 Å². The second kappa shape index (κ2) is 14.6. The number of nitrogens with two attached hydrogens (primary N) is 1. The van der Waals surface area contributed by atoms with E-state index in [1.165, 1.54) is 10.5 Å². The van der Waals surface area contributed by atoms with Gasteiger partial charge in [0.15, 0.2) is 11.7 Å². The van der Waals surface area contributed by atoms with Crippen LogP contribution in [-0.4, -0.2) is 87.2 Å². The van der Waals surface area contributed by atoms with Crippen molar-refractivity contribution in [2.45, 2.75) is 83.8 Å². The summed E-state index contributed by atoms with van der Waals surface area (Å²) in [7, 11) is 0. The molecule has 2 atom stereocenters. The molecule has 0 aliphatic carbocycles. The maximum atomic E-state index is 14.4. The fourth-order valence-electron chi connectivity index (χ4n) is 6.27. The third-order valence-electron chi connectivity index (χ3n) is 8.51. The fraction of sp³-hybridized carbons (Fsp3) is 0.545. The number of hydrazine groups is 1. The molecule has 2 aliphatic rings. The predicted octanol–water partition coefficient (Wildman–Crippen LogP) is 4.71. The van der Waals surface area contributed by atoms with E-state index in [2.05, 4.69) is 31.2 Å². The van der Waals surface area contributed by atoms with Crippen LogP contribution < -0.4 is 5.73 Å². The molecule has 2 unspecified atom stereocenters. The first-order chi connectivity index (χ1) is 20.4. The molecular formula is C33H48N6O3. The third kappa shape index (κ3) is 6.63. The molecule has 42 heavy (non-hydrogen) atoms. The molecular weight excluding hydrogens is 528 g/mol. The third-order valence-corrected chi connectivity index (χ3v) is 8.51. The Bertz CT molecular complexity index is 1200. The van der Waals surface area contributed by atoms with Crippen LogP contribution in [0, 0.1) is 0 Å². The number of carbonyl (C=O) groups is 2. The average Bonchev–Trinajstić information content (AvgIpc) is 3.33. The lowest BCUT2D eigenvalue weighted by molar-refractivity contribution is -0.151. The molecule has 228 valence electrons. The molecule has 0 radical (unpaired) electrons. The quantitative estimate of drug-likeness (QED) is 0.222. The van der Waals surface area contributed by atoms with Gasteiger partial charge in [-0.15, -0.1) is 0 Å². The van der Waals surface area contributed by atoms with Crippen molar-refractivity contribution < 1.29 is 14.7 Å². The molecule has 2 aromatic carbocycles. The number of amides is 3. The highest BCUT2D eigenvalue weighted by Crippen LogP contribution is 2.42. The van der Waals surface area contributed by atoms with Gasteiger partial charge in [0.25, 0.3) is 5.91 Å². The Morgan fingerprint density at radius 1 is 0.929 bits per heavy atom. The standard InChI is InChI=1S/C33H48N6O3/c1-4-7-12-21-37-31(41)30-33(5-2,38(32(37)42)22-13-11-14-26-17-19-28(34)20-18-26)35-29(25-27-15-9-8-10-16-27)39(30)36(6-3)23-24-40/h8-10,15-20,30,40H,4-7,11-14,21-25,34H2,1-3H3. The summed E-state index contributed by atoms with van der Waals surface area (Å²) in [5.41, 5.74) is 7.89. The van der Waals surface area contributed by atoms with Gasteiger partial charge in [-0.3, -0.25) is 19.6 Å². The molecule has 0 spiro atoms. The van der Waals surface area contributed by atoms with E-state index in [0.29, 0.717) is 39.0 Å². The van der Waals surface area contributed by atoms with Crippen LogP contribution >= 0.6 is 0 Å². The zero-order valence-electron chi connectivity index (χ0n) is 25.5. The molecule has 9 nitrogen and oxygen atoms in total. The summed E-state index contributed by atoms with van der Waals surface area (Å²) in [5.74, 6) is 0.561. The van der Waals surface area contributed by atoms with E-state index >= 15 is 0 Å². The minimum absolute atomic E-state index is 0.0447. The van der Waals surface area contributed by atoms with Gasteiger partial charge >= 0.3 is 6.03 Å². The first kappa shape index (κ1) is 31.5. The number of aliphatic hydroxyl groups excluding tert-OH is 1. The van der Waals surface area contributed by atoms with Crippen molar-refractivity contribution in [2.24, 2.45) is 4.99 Å². The Morgan fingerprint density at radius 3 is 2.29 bits per heavy atom. The number of imide groups is 1. The number of likely N-dealkylation sites (N-methyl/N-ethyl adjacent to an activating group) is 1. The summed E-state index contributed by atoms with van der Waals surface area (Å²) in [4.78, 5) is 37.2. The molecule has 1 fully saturated rings. The lowest BCUT2D eigenvalue weighted by Crippen LogP contribution is -2.73. The monoisotopic (exact) mass is 576 g/mol. The average molecular weight is 577 g/mol. The summed E-state index contributed by atoms with van der Waals surface area (Å²) in [6.45, 7) is 8.01. The number of fused-ring (bicyclic) bond motifs is 1. The summed E-state index contributed by atoms with van der Waals surface area (Å²) >= 11 is 0. The van der Waals surface area contributed by atoms with Crippen LogP contribution in [0.1, 0.15) is 70.4 Å². The summed E-state index contributed by atoms with van der Waals surface area (Å²) < 4.78 is 0. The normalized spacial score (nSPS) is 20.5. The van der Waals surface area contributed by atoms with Gasteiger partial charge in [-0.1, -0.05) is 76.1 Å². The molecule has 9 heteroatoms. The van der Waals surface area contributed by atoms with Gasteiger partial charge < -0.3 is 10.8 Å². The van der Waals surface area contributed by atoms with Crippen LogP contribution in [0.15, 0.2) is 59.6 Å². The van der Waals surface area contributed by atoms with Gasteiger partial charge in [0, 0.05) is 38.3 Å². The number of hydrogen-bond acceptors (Lipinski definition) is 7. The van der Waals surface area contributed by atoms with Crippen molar-refractivity contribution in [3.63, 3.8) is 0 Å². The van der Waals surface area contributed by atoms with Crippen molar-refractivity contribution in [3.05, 3.63) is 65.7 Å².